The smallest absolute Gasteiger partial charge is 0.329 e. The van der Waals surface area contributed by atoms with Gasteiger partial charge in [0.05, 0.1) is 6.61 Å². The molecule has 1 aliphatic rings. The van der Waals surface area contributed by atoms with Crippen LogP contribution in [0.5, 0.6) is 0 Å². The molecule has 1 aromatic heterocycles. The van der Waals surface area contributed by atoms with Crippen molar-refractivity contribution >= 4 is 23.2 Å². The second kappa shape index (κ2) is 6.16. The lowest BCUT2D eigenvalue weighted by Gasteiger charge is -2.05. The number of hydrogen-bond acceptors (Lipinski definition) is 4. The second-order valence-corrected chi connectivity index (χ2v) is 5.60. The van der Waals surface area contributed by atoms with Crippen LogP contribution in [0.15, 0.2) is 11.4 Å². The molecule has 0 radical (unpaired) electrons. The Kier molecular flexibility index (Phi) is 4.55. The normalized spacial score (nSPS) is 21.1. The number of nitrogens with one attached hydrogen (secondary N) is 1. The van der Waals surface area contributed by atoms with E-state index in [9.17, 15) is 9.59 Å². The van der Waals surface area contributed by atoms with E-state index in [0.29, 0.717) is 12.5 Å². The highest BCUT2D eigenvalue weighted by Gasteiger charge is 2.45. The van der Waals surface area contributed by atoms with Crippen molar-refractivity contribution in [2.24, 2.45) is 5.92 Å². The van der Waals surface area contributed by atoms with Gasteiger partial charge in [0.15, 0.2) is 0 Å². The first-order valence-corrected chi connectivity index (χ1v) is 7.08. The zero-order chi connectivity index (χ0) is 13.8. The molecule has 2 rings (SSSR count). The van der Waals surface area contributed by atoms with E-state index in [2.05, 4.69) is 23.7 Å². The highest BCUT2D eigenvalue weighted by Crippen LogP contribution is 2.50. The molecule has 1 fully saturated rings. The number of carbonyl (C=O) groups excluding carboxylic acids is 1. The Morgan fingerprint density at radius 2 is 2.37 bits per heavy atom. The average molecular weight is 283 g/mol. The number of aliphatic carboxylic acids is 1. The molecule has 19 heavy (non-hydrogen) atoms. The fourth-order valence-electron chi connectivity index (χ4n) is 2.08. The summed E-state index contributed by atoms with van der Waals surface area (Å²) in [6.07, 6.45) is 0.906. The molecule has 2 atom stereocenters. The van der Waals surface area contributed by atoms with Gasteiger partial charge < -0.3 is 15.2 Å². The van der Waals surface area contributed by atoms with Gasteiger partial charge in [0.25, 0.3) is 0 Å². The van der Waals surface area contributed by atoms with Gasteiger partial charge in [-0.05, 0) is 30.4 Å². The van der Waals surface area contributed by atoms with Crippen LogP contribution < -0.4 is 5.32 Å². The van der Waals surface area contributed by atoms with Crippen molar-refractivity contribution in [3.05, 3.63) is 21.9 Å². The van der Waals surface area contributed by atoms with Crippen LogP contribution in [0.1, 0.15) is 22.8 Å². The van der Waals surface area contributed by atoms with Crippen LogP contribution in [0.3, 0.4) is 0 Å². The van der Waals surface area contributed by atoms with Crippen LogP contribution in [-0.4, -0.2) is 36.7 Å². The molecule has 6 heteroatoms. The molecule has 5 nitrogen and oxygen atoms in total. The van der Waals surface area contributed by atoms with Gasteiger partial charge in [0.2, 0.25) is 5.91 Å². The highest BCUT2D eigenvalue weighted by molar-refractivity contribution is 7.10. The highest BCUT2D eigenvalue weighted by atomic mass is 32.1. The van der Waals surface area contributed by atoms with E-state index in [0.717, 1.165) is 6.42 Å². The van der Waals surface area contributed by atoms with E-state index in [1.165, 1.54) is 10.4 Å². The summed E-state index contributed by atoms with van der Waals surface area (Å²) in [7, 11) is 0. The Morgan fingerprint density at radius 1 is 1.58 bits per heavy atom. The summed E-state index contributed by atoms with van der Waals surface area (Å²) in [6.45, 7) is 2.33. The van der Waals surface area contributed by atoms with Crippen molar-refractivity contribution in [2.45, 2.75) is 19.3 Å². The molecule has 0 saturated heterocycles. The van der Waals surface area contributed by atoms with E-state index in [-0.39, 0.29) is 25.0 Å². The number of carbonyl (C=O) groups is 2. The monoisotopic (exact) mass is 283 g/mol. The molecule has 2 unspecified atom stereocenters. The molecule has 0 aromatic carbocycles. The Morgan fingerprint density at radius 3 is 3.00 bits per heavy atom. The molecular formula is C13H17NO4S. The van der Waals surface area contributed by atoms with E-state index in [1.807, 2.05) is 0 Å². The van der Waals surface area contributed by atoms with Crippen LogP contribution >= 0.6 is 11.3 Å². The minimum atomic E-state index is -0.998. The maximum Gasteiger partial charge on any atom is 0.329 e. The van der Waals surface area contributed by atoms with Crippen LogP contribution in [0, 0.1) is 12.8 Å². The molecule has 2 N–H and O–H groups in total. The van der Waals surface area contributed by atoms with Gasteiger partial charge in [0, 0.05) is 23.3 Å². The van der Waals surface area contributed by atoms with Gasteiger partial charge >= 0.3 is 5.97 Å². The van der Waals surface area contributed by atoms with Crippen LogP contribution in [-0.2, 0) is 14.3 Å². The number of rotatable bonds is 7. The van der Waals surface area contributed by atoms with Crippen molar-refractivity contribution in [3.63, 3.8) is 0 Å². The summed E-state index contributed by atoms with van der Waals surface area (Å²) in [5.74, 6) is -0.532. The Labute approximate surface area is 115 Å². The van der Waals surface area contributed by atoms with Crippen LogP contribution in [0.25, 0.3) is 0 Å². The van der Waals surface area contributed by atoms with E-state index < -0.39 is 5.97 Å². The molecular weight excluding hydrogens is 266 g/mol. The molecule has 1 amide bonds. The van der Waals surface area contributed by atoms with E-state index in [1.54, 1.807) is 11.3 Å². The third-order valence-electron chi connectivity index (χ3n) is 3.14. The van der Waals surface area contributed by atoms with Crippen LogP contribution in [0.4, 0.5) is 0 Å². The average Bonchev–Trinajstić information content (AvgIpc) is 3.04. The van der Waals surface area contributed by atoms with Crippen molar-refractivity contribution < 1.29 is 19.4 Å². The predicted octanol–water partition coefficient (Wildman–Crippen LogP) is 1.38. The van der Waals surface area contributed by atoms with Crippen LogP contribution in [0.2, 0.25) is 0 Å². The SMILES string of the molecule is Cc1ccsc1C1CC1C(=O)NCCOCC(=O)O. The Bertz CT molecular complexity index is 471. The zero-order valence-electron chi connectivity index (χ0n) is 10.7. The van der Waals surface area contributed by atoms with Gasteiger partial charge in [-0.1, -0.05) is 0 Å². The second-order valence-electron chi connectivity index (χ2n) is 4.65. The summed E-state index contributed by atoms with van der Waals surface area (Å²) in [4.78, 5) is 23.4. The Balaban J connectivity index is 1.66. The molecule has 1 aliphatic carbocycles. The Hall–Kier alpha value is -1.40. The van der Waals surface area contributed by atoms with Gasteiger partial charge in [-0.3, -0.25) is 4.79 Å². The van der Waals surface area contributed by atoms with Gasteiger partial charge in [0.1, 0.15) is 6.61 Å². The number of ether oxygens (including phenoxy) is 1. The number of thiophene rings is 1. The number of amides is 1. The maximum absolute atomic E-state index is 11.8. The molecule has 104 valence electrons. The largest absolute Gasteiger partial charge is 0.480 e. The lowest BCUT2D eigenvalue weighted by atomic mass is 10.2. The van der Waals surface area contributed by atoms with Crippen molar-refractivity contribution in [3.8, 4) is 0 Å². The van der Waals surface area contributed by atoms with Gasteiger partial charge in [-0.25, -0.2) is 4.79 Å². The van der Waals surface area contributed by atoms with Crippen molar-refractivity contribution in [2.75, 3.05) is 19.8 Å². The summed E-state index contributed by atoms with van der Waals surface area (Å²) in [5.41, 5.74) is 1.26. The van der Waals surface area contributed by atoms with Crippen molar-refractivity contribution in [1.82, 2.24) is 5.32 Å². The molecule has 1 saturated carbocycles. The van der Waals surface area contributed by atoms with Gasteiger partial charge in [-0.15, -0.1) is 11.3 Å². The molecule has 1 aromatic rings. The first kappa shape index (κ1) is 14.0. The number of hydrogen-bond donors (Lipinski definition) is 2. The minimum Gasteiger partial charge on any atom is -0.480 e. The lowest BCUT2D eigenvalue weighted by Crippen LogP contribution is -2.29. The molecule has 1 heterocycles. The lowest BCUT2D eigenvalue weighted by molar-refractivity contribution is -0.142. The quantitative estimate of drug-likeness (QED) is 0.741. The number of carboxylic acids is 1. The first-order chi connectivity index (χ1) is 9.09. The molecule has 0 bridgehead atoms. The van der Waals surface area contributed by atoms with E-state index in [4.69, 9.17) is 9.84 Å². The van der Waals surface area contributed by atoms with Gasteiger partial charge in [-0.2, -0.15) is 0 Å². The number of aryl methyl sites for hydroxylation is 1. The predicted molar refractivity (Wildman–Crippen MR) is 71.4 cm³/mol. The summed E-state index contributed by atoms with van der Waals surface area (Å²) < 4.78 is 4.85. The summed E-state index contributed by atoms with van der Waals surface area (Å²) in [5, 5.41) is 13.2. The third kappa shape index (κ3) is 3.78. The fourth-order valence-corrected chi connectivity index (χ4v) is 3.18. The fraction of sp³-hybridized carbons (Fsp3) is 0.538. The summed E-state index contributed by atoms with van der Waals surface area (Å²) >= 11 is 1.71. The number of carboxylic acid groups (broad SMARTS) is 1. The minimum absolute atomic E-state index is 0.0386. The summed E-state index contributed by atoms with van der Waals surface area (Å²) in [6, 6.07) is 2.08. The van der Waals surface area contributed by atoms with E-state index >= 15 is 0 Å². The zero-order valence-corrected chi connectivity index (χ0v) is 11.5. The topological polar surface area (TPSA) is 75.6 Å². The molecule has 0 spiro atoms. The maximum atomic E-state index is 11.8. The first-order valence-electron chi connectivity index (χ1n) is 6.21. The van der Waals surface area contributed by atoms with Crippen molar-refractivity contribution in [1.29, 1.82) is 0 Å². The molecule has 0 aliphatic heterocycles. The third-order valence-corrected chi connectivity index (χ3v) is 4.29. The standard InChI is InChI=1S/C13H17NO4S/c1-8-2-5-19-12(8)9-6-10(9)13(17)14-3-4-18-7-11(15)16/h2,5,9-10H,3-4,6-7H2,1H3,(H,14,17)(H,15,16).